The van der Waals surface area contributed by atoms with Crippen LogP contribution in [0.2, 0.25) is 5.02 Å². The second-order valence-electron chi connectivity index (χ2n) is 5.80. The van der Waals surface area contributed by atoms with Crippen LogP contribution in [0.25, 0.3) is 10.9 Å². The fourth-order valence-electron chi connectivity index (χ4n) is 2.97. The van der Waals surface area contributed by atoms with Crippen LogP contribution in [-0.2, 0) is 24.2 Å². The molecule has 2 aromatic carbocycles. The summed E-state index contributed by atoms with van der Waals surface area (Å²) in [5.41, 5.74) is 4.97. The lowest BCUT2D eigenvalue weighted by Gasteiger charge is -2.11. The van der Waals surface area contributed by atoms with E-state index in [2.05, 4.69) is 47.9 Å². The first-order chi connectivity index (χ1) is 11.2. The number of nitrogens with zero attached hydrogens (tertiary/aromatic N) is 1. The molecule has 0 saturated carbocycles. The van der Waals surface area contributed by atoms with E-state index >= 15 is 0 Å². The average molecular weight is 326 g/mol. The van der Waals surface area contributed by atoms with Crippen LogP contribution in [0.5, 0.6) is 0 Å². The summed E-state index contributed by atoms with van der Waals surface area (Å²) in [6.07, 6.45) is 3.34. The van der Waals surface area contributed by atoms with Crippen molar-refractivity contribution >= 4 is 28.8 Å². The number of aromatic nitrogens is 1. The summed E-state index contributed by atoms with van der Waals surface area (Å²) >= 11 is 5.98. The Labute approximate surface area is 141 Å². The zero-order chi connectivity index (χ0) is 16.2. The quantitative estimate of drug-likeness (QED) is 0.582. The van der Waals surface area contributed by atoms with Crippen LogP contribution in [0.3, 0.4) is 0 Å². The second kappa shape index (κ2) is 7.01. The summed E-state index contributed by atoms with van der Waals surface area (Å²) in [7, 11) is 0. The van der Waals surface area contributed by atoms with Crippen molar-refractivity contribution in [2.24, 2.45) is 0 Å². The molecule has 3 heteroatoms. The standard InChI is InChI=1S/C20H20ClNO/c1-2-15-7-10-20-17(12-15)13-19(4-3-11-23)22(20)14-16-5-8-18(21)9-6-16/h5-13H,2-4,14H2,1H3. The Kier molecular flexibility index (Phi) is 4.82. The number of halogens is 1. The number of rotatable bonds is 6. The van der Waals surface area contributed by atoms with Crippen LogP contribution in [-0.4, -0.2) is 10.9 Å². The Morgan fingerprint density at radius 2 is 1.78 bits per heavy atom. The zero-order valence-corrected chi connectivity index (χ0v) is 14.0. The third kappa shape index (κ3) is 3.48. The van der Waals surface area contributed by atoms with Crippen molar-refractivity contribution in [1.29, 1.82) is 0 Å². The van der Waals surface area contributed by atoms with Gasteiger partial charge in [0.05, 0.1) is 0 Å². The molecule has 1 aromatic heterocycles. The summed E-state index contributed by atoms with van der Waals surface area (Å²) in [4.78, 5) is 10.8. The molecule has 0 amide bonds. The van der Waals surface area contributed by atoms with Crippen molar-refractivity contribution in [1.82, 2.24) is 4.57 Å². The van der Waals surface area contributed by atoms with Gasteiger partial charge in [0.25, 0.3) is 0 Å². The maximum Gasteiger partial charge on any atom is 0.120 e. The molecule has 0 aliphatic rings. The molecular formula is C20H20ClNO. The van der Waals surface area contributed by atoms with Gasteiger partial charge in [-0.05, 0) is 54.3 Å². The van der Waals surface area contributed by atoms with Crippen LogP contribution in [0.1, 0.15) is 30.2 Å². The smallest absolute Gasteiger partial charge is 0.120 e. The third-order valence-electron chi connectivity index (χ3n) is 4.23. The fourth-order valence-corrected chi connectivity index (χ4v) is 3.10. The number of carbonyl (C=O) groups is 1. The number of fused-ring (bicyclic) bond motifs is 1. The molecule has 0 aliphatic heterocycles. The van der Waals surface area contributed by atoms with Crippen molar-refractivity contribution in [3.8, 4) is 0 Å². The van der Waals surface area contributed by atoms with Crippen molar-refractivity contribution in [3.63, 3.8) is 0 Å². The van der Waals surface area contributed by atoms with Gasteiger partial charge in [-0.25, -0.2) is 0 Å². The Balaban J connectivity index is 2.03. The van der Waals surface area contributed by atoms with Gasteiger partial charge in [-0.1, -0.05) is 36.7 Å². The molecule has 0 fully saturated rings. The van der Waals surface area contributed by atoms with Crippen LogP contribution >= 0.6 is 11.6 Å². The Morgan fingerprint density at radius 1 is 1.04 bits per heavy atom. The Bertz CT molecular complexity index is 818. The highest BCUT2D eigenvalue weighted by molar-refractivity contribution is 6.30. The fraction of sp³-hybridized carbons (Fsp3) is 0.250. The molecule has 23 heavy (non-hydrogen) atoms. The number of hydrogen-bond donors (Lipinski definition) is 0. The lowest BCUT2D eigenvalue weighted by atomic mass is 10.1. The van der Waals surface area contributed by atoms with Gasteiger partial charge < -0.3 is 9.36 Å². The van der Waals surface area contributed by atoms with Gasteiger partial charge in [-0.15, -0.1) is 0 Å². The summed E-state index contributed by atoms with van der Waals surface area (Å²) in [5.74, 6) is 0. The highest BCUT2D eigenvalue weighted by Crippen LogP contribution is 2.24. The van der Waals surface area contributed by atoms with Crippen molar-refractivity contribution in [2.75, 3.05) is 0 Å². The molecule has 2 nitrogen and oxygen atoms in total. The van der Waals surface area contributed by atoms with E-state index in [9.17, 15) is 4.79 Å². The molecule has 118 valence electrons. The minimum absolute atomic E-state index is 0.553. The molecule has 3 rings (SSSR count). The van der Waals surface area contributed by atoms with Gasteiger partial charge in [0, 0.05) is 34.6 Å². The van der Waals surface area contributed by atoms with Gasteiger partial charge in [0.1, 0.15) is 6.29 Å². The monoisotopic (exact) mass is 325 g/mol. The molecule has 1 heterocycles. The number of aryl methyl sites for hydroxylation is 2. The van der Waals surface area contributed by atoms with Gasteiger partial charge in [0.15, 0.2) is 0 Å². The maximum atomic E-state index is 10.8. The van der Waals surface area contributed by atoms with Gasteiger partial charge in [-0.3, -0.25) is 0 Å². The van der Waals surface area contributed by atoms with Crippen LogP contribution in [0.15, 0.2) is 48.5 Å². The maximum absolute atomic E-state index is 10.8. The van der Waals surface area contributed by atoms with E-state index in [1.807, 2.05) is 12.1 Å². The third-order valence-corrected chi connectivity index (χ3v) is 4.48. The second-order valence-corrected chi connectivity index (χ2v) is 6.24. The Morgan fingerprint density at radius 3 is 2.48 bits per heavy atom. The predicted octanol–water partition coefficient (Wildman–Crippen LogP) is 5.04. The average Bonchev–Trinajstić information content (AvgIpc) is 2.91. The number of aldehydes is 1. The first kappa shape index (κ1) is 15.8. The van der Waals surface area contributed by atoms with Crippen LogP contribution < -0.4 is 0 Å². The largest absolute Gasteiger partial charge is 0.340 e. The summed E-state index contributed by atoms with van der Waals surface area (Å²) in [6, 6.07) is 16.8. The van der Waals surface area contributed by atoms with E-state index in [-0.39, 0.29) is 0 Å². The van der Waals surface area contributed by atoms with Gasteiger partial charge >= 0.3 is 0 Å². The van der Waals surface area contributed by atoms with Crippen LogP contribution in [0.4, 0.5) is 0 Å². The molecule has 0 atom stereocenters. The van der Waals surface area contributed by atoms with Crippen LogP contribution in [0, 0.1) is 0 Å². The van der Waals surface area contributed by atoms with Crippen molar-refractivity contribution < 1.29 is 4.79 Å². The SMILES string of the molecule is CCc1ccc2c(c1)cc(CCC=O)n2Cc1ccc(Cl)cc1. The molecule has 0 radical (unpaired) electrons. The molecule has 0 spiro atoms. The van der Waals surface area contributed by atoms with E-state index < -0.39 is 0 Å². The van der Waals surface area contributed by atoms with Gasteiger partial charge in [0.2, 0.25) is 0 Å². The molecule has 0 unspecified atom stereocenters. The van der Waals surface area contributed by atoms with E-state index in [4.69, 9.17) is 11.6 Å². The van der Waals surface area contributed by atoms with E-state index in [0.29, 0.717) is 6.42 Å². The van der Waals surface area contributed by atoms with E-state index in [0.717, 1.165) is 30.7 Å². The molecule has 0 aliphatic carbocycles. The molecule has 0 N–H and O–H groups in total. The number of benzene rings is 2. The summed E-state index contributed by atoms with van der Waals surface area (Å²) in [6.45, 7) is 2.96. The van der Waals surface area contributed by atoms with Gasteiger partial charge in [-0.2, -0.15) is 0 Å². The molecule has 0 saturated heterocycles. The number of carbonyl (C=O) groups excluding carboxylic acids is 1. The minimum atomic E-state index is 0.553. The van der Waals surface area contributed by atoms with E-state index in [1.54, 1.807) is 0 Å². The summed E-state index contributed by atoms with van der Waals surface area (Å²) in [5, 5.41) is 2.00. The highest BCUT2D eigenvalue weighted by Gasteiger charge is 2.10. The highest BCUT2D eigenvalue weighted by atomic mass is 35.5. The lowest BCUT2D eigenvalue weighted by Crippen LogP contribution is -2.04. The minimum Gasteiger partial charge on any atom is -0.340 e. The molecular weight excluding hydrogens is 306 g/mol. The predicted molar refractivity (Wildman–Crippen MR) is 96.3 cm³/mol. The first-order valence-electron chi connectivity index (χ1n) is 8.00. The molecule has 3 aromatic rings. The summed E-state index contributed by atoms with van der Waals surface area (Å²) < 4.78 is 2.31. The van der Waals surface area contributed by atoms with E-state index in [1.165, 1.54) is 27.7 Å². The number of hydrogen-bond acceptors (Lipinski definition) is 1. The first-order valence-corrected chi connectivity index (χ1v) is 8.38. The topological polar surface area (TPSA) is 22.0 Å². The molecule has 0 bridgehead atoms. The lowest BCUT2D eigenvalue weighted by molar-refractivity contribution is -0.107. The Hall–Kier alpha value is -2.06. The normalized spacial score (nSPS) is 11.0. The zero-order valence-electron chi connectivity index (χ0n) is 13.3. The van der Waals surface area contributed by atoms with Crippen molar-refractivity contribution in [3.05, 3.63) is 70.4 Å². The van der Waals surface area contributed by atoms with Crippen molar-refractivity contribution in [2.45, 2.75) is 32.7 Å².